The van der Waals surface area contributed by atoms with Gasteiger partial charge >= 0.3 is 0 Å². The molecule has 3 nitrogen and oxygen atoms in total. The van der Waals surface area contributed by atoms with Gasteiger partial charge < -0.3 is 9.88 Å². The Morgan fingerprint density at radius 1 is 1.64 bits per heavy atom. The molecule has 11 heavy (non-hydrogen) atoms. The fraction of sp³-hybridized carbons (Fsp3) is 0.375. The fourth-order valence-electron chi connectivity index (χ4n) is 0.870. The molecule has 0 atom stereocenters. The lowest BCUT2D eigenvalue weighted by Crippen LogP contribution is -2.14. The van der Waals surface area contributed by atoms with E-state index >= 15 is 0 Å². The summed E-state index contributed by atoms with van der Waals surface area (Å²) in [6, 6.07) is 3.50. The van der Waals surface area contributed by atoms with Gasteiger partial charge in [-0.1, -0.05) is 5.56 Å². The fourth-order valence-corrected chi connectivity index (χ4v) is 0.870. The summed E-state index contributed by atoms with van der Waals surface area (Å²) in [5.74, 6) is 0. The van der Waals surface area contributed by atoms with E-state index in [1.54, 1.807) is 30.9 Å². The van der Waals surface area contributed by atoms with Crippen molar-refractivity contribution in [3.63, 3.8) is 0 Å². The largest absolute Gasteiger partial charge is 0.661 e. The van der Waals surface area contributed by atoms with Crippen LogP contribution in [0.5, 0.6) is 0 Å². The Hall–Kier alpha value is -1.09. The molecule has 3 heteroatoms. The lowest BCUT2D eigenvalue weighted by molar-refractivity contribution is 0.852. The van der Waals surface area contributed by atoms with E-state index in [1.165, 1.54) is 0 Å². The van der Waals surface area contributed by atoms with Crippen LogP contribution in [0.25, 0.3) is 5.32 Å². The highest BCUT2D eigenvalue weighted by molar-refractivity contribution is 5.13. The van der Waals surface area contributed by atoms with Crippen LogP contribution in [-0.4, -0.2) is 11.6 Å². The zero-order valence-electron chi connectivity index (χ0n) is 6.74. The molecule has 1 aromatic rings. The molecule has 0 aliphatic heterocycles. The number of nitrogens with zero attached hydrogens (tertiary/aromatic N) is 2. The molecule has 1 heterocycles. The van der Waals surface area contributed by atoms with Crippen LogP contribution in [0.2, 0.25) is 0 Å². The maximum Gasteiger partial charge on any atom is 0.250 e. The van der Waals surface area contributed by atoms with Crippen molar-refractivity contribution in [3.8, 4) is 0 Å². The van der Waals surface area contributed by atoms with E-state index in [-0.39, 0.29) is 5.56 Å². The average Bonchev–Trinajstić information content (AvgIpc) is 1.98. The first-order valence-corrected chi connectivity index (χ1v) is 3.45. The first kappa shape index (κ1) is 8.01. The van der Waals surface area contributed by atoms with Crippen molar-refractivity contribution < 1.29 is 0 Å². The Balaban J connectivity index is 2.96. The summed E-state index contributed by atoms with van der Waals surface area (Å²) in [5.41, 5.74) is 0.988. The average molecular weight is 151 g/mol. The Bertz CT molecular complexity index is 290. The third-order valence-corrected chi connectivity index (χ3v) is 1.51. The third kappa shape index (κ3) is 1.91. The van der Waals surface area contributed by atoms with E-state index in [1.807, 2.05) is 6.07 Å². The number of rotatable bonds is 2. The van der Waals surface area contributed by atoms with Crippen LogP contribution in [0.4, 0.5) is 0 Å². The summed E-state index contributed by atoms with van der Waals surface area (Å²) in [5, 5.41) is 3.93. The molecule has 0 N–H and O–H groups in total. The topological polar surface area (TPSA) is 36.1 Å². The van der Waals surface area contributed by atoms with Crippen LogP contribution < -0.4 is 5.56 Å². The highest BCUT2D eigenvalue weighted by atomic mass is 16.1. The quantitative estimate of drug-likeness (QED) is 0.618. The summed E-state index contributed by atoms with van der Waals surface area (Å²) in [7, 11) is 3.46. The van der Waals surface area contributed by atoms with E-state index in [2.05, 4.69) is 5.32 Å². The van der Waals surface area contributed by atoms with Gasteiger partial charge in [0.2, 0.25) is 5.56 Å². The summed E-state index contributed by atoms with van der Waals surface area (Å²) in [6.07, 6.45) is 1.75. The van der Waals surface area contributed by atoms with Crippen LogP contribution in [0.1, 0.15) is 5.56 Å². The number of aryl methyl sites for hydroxylation is 1. The summed E-state index contributed by atoms with van der Waals surface area (Å²) < 4.78 is 1.54. The molecular weight excluding hydrogens is 140 g/mol. The van der Waals surface area contributed by atoms with Crippen molar-refractivity contribution in [3.05, 3.63) is 39.6 Å². The van der Waals surface area contributed by atoms with Gasteiger partial charge in [0.05, 0.1) is 0 Å². The van der Waals surface area contributed by atoms with Crippen LogP contribution in [0, 0.1) is 0 Å². The Morgan fingerprint density at radius 3 is 2.91 bits per heavy atom. The van der Waals surface area contributed by atoms with Crippen molar-refractivity contribution in [1.82, 2.24) is 4.57 Å². The highest BCUT2D eigenvalue weighted by Gasteiger charge is 1.88. The second-order valence-electron chi connectivity index (χ2n) is 2.46. The molecule has 0 fully saturated rings. The van der Waals surface area contributed by atoms with E-state index in [0.29, 0.717) is 6.54 Å². The molecule has 0 bridgehead atoms. The zero-order chi connectivity index (χ0) is 8.27. The molecule has 0 aromatic carbocycles. The summed E-state index contributed by atoms with van der Waals surface area (Å²) in [6.45, 7) is 0.621. The molecular formula is C8H11N2O-. The second kappa shape index (κ2) is 3.34. The standard InChI is InChI=1S/C8H11N2O/c1-9-6-7-3-4-10(2)8(11)5-7/h3-5H,6H2,1-2H3/q-1. The number of aromatic nitrogens is 1. The molecule has 0 saturated carbocycles. The normalized spacial score (nSPS) is 10.0. The van der Waals surface area contributed by atoms with E-state index < -0.39 is 0 Å². The predicted molar refractivity (Wildman–Crippen MR) is 44.7 cm³/mol. The number of pyridine rings is 1. The van der Waals surface area contributed by atoms with Gasteiger partial charge in [0.25, 0.3) is 0 Å². The van der Waals surface area contributed by atoms with E-state index in [9.17, 15) is 4.79 Å². The first-order chi connectivity index (χ1) is 5.24. The van der Waals surface area contributed by atoms with Gasteiger partial charge in [-0.15, -0.1) is 6.54 Å². The molecule has 0 unspecified atom stereocenters. The molecule has 0 saturated heterocycles. The van der Waals surface area contributed by atoms with Crippen molar-refractivity contribution >= 4 is 0 Å². The van der Waals surface area contributed by atoms with E-state index in [4.69, 9.17) is 0 Å². The second-order valence-corrected chi connectivity index (χ2v) is 2.46. The molecule has 1 aromatic heterocycles. The van der Waals surface area contributed by atoms with Crippen molar-refractivity contribution in [1.29, 1.82) is 0 Å². The SMILES string of the molecule is C[N-]Cc1ccn(C)c(=O)c1. The molecule has 0 aliphatic rings. The minimum absolute atomic E-state index is 0.0196. The van der Waals surface area contributed by atoms with Gasteiger partial charge in [0.15, 0.2) is 0 Å². The zero-order valence-corrected chi connectivity index (χ0v) is 6.74. The van der Waals surface area contributed by atoms with Crippen molar-refractivity contribution in [2.24, 2.45) is 7.05 Å². The summed E-state index contributed by atoms with van der Waals surface area (Å²) in [4.78, 5) is 11.0. The Labute approximate surface area is 65.7 Å². The Kier molecular flexibility index (Phi) is 2.44. The summed E-state index contributed by atoms with van der Waals surface area (Å²) >= 11 is 0. The van der Waals surface area contributed by atoms with Gasteiger partial charge in [0.1, 0.15) is 0 Å². The van der Waals surface area contributed by atoms with Gasteiger partial charge in [0, 0.05) is 19.3 Å². The molecule has 0 radical (unpaired) electrons. The molecule has 1 rings (SSSR count). The van der Waals surface area contributed by atoms with Crippen LogP contribution >= 0.6 is 0 Å². The number of hydrogen-bond acceptors (Lipinski definition) is 1. The predicted octanol–water partition coefficient (Wildman–Crippen LogP) is 0.889. The minimum Gasteiger partial charge on any atom is -0.661 e. The monoisotopic (exact) mass is 151 g/mol. The number of hydrogen-bond donors (Lipinski definition) is 0. The third-order valence-electron chi connectivity index (χ3n) is 1.51. The van der Waals surface area contributed by atoms with Gasteiger partial charge in [-0.2, -0.15) is 7.05 Å². The smallest absolute Gasteiger partial charge is 0.250 e. The molecule has 0 amide bonds. The lowest BCUT2D eigenvalue weighted by atomic mass is 10.3. The first-order valence-electron chi connectivity index (χ1n) is 3.45. The molecule has 0 aliphatic carbocycles. The van der Waals surface area contributed by atoms with E-state index in [0.717, 1.165) is 5.56 Å². The molecule has 60 valence electrons. The Morgan fingerprint density at radius 2 is 2.36 bits per heavy atom. The van der Waals surface area contributed by atoms with Crippen molar-refractivity contribution in [2.75, 3.05) is 7.05 Å². The van der Waals surface area contributed by atoms with Crippen LogP contribution in [-0.2, 0) is 13.6 Å². The minimum atomic E-state index is 0.0196. The van der Waals surface area contributed by atoms with Crippen LogP contribution in [0.15, 0.2) is 23.1 Å². The maximum atomic E-state index is 11.0. The highest BCUT2D eigenvalue weighted by Crippen LogP contribution is 1.98. The lowest BCUT2D eigenvalue weighted by Gasteiger charge is -2.10. The van der Waals surface area contributed by atoms with Gasteiger partial charge in [-0.3, -0.25) is 4.79 Å². The van der Waals surface area contributed by atoms with Gasteiger partial charge in [-0.25, -0.2) is 0 Å². The van der Waals surface area contributed by atoms with Gasteiger partial charge in [-0.05, 0) is 6.07 Å². The van der Waals surface area contributed by atoms with Crippen molar-refractivity contribution in [2.45, 2.75) is 6.54 Å². The van der Waals surface area contributed by atoms with Crippen LogP contribution in [0.3, 0.4) is 0 Å². The molecule has 0 spiro atoms. The maximum absolute atomic E-state index is 11.0.